The van der Waals surface area contributed by atoms with Gasteiger partial charge in [0.25, 0.3) is 13.2 Å². The third-order valence-corrected chi connectivity index (χ3v) is 9.06. The van der Waals surface area contributed by atoms with Gasteiger partial charge in [-0.3, -0.25) is 9.59 Å². The molecule has 1 heterocycles. The van der Waals surface area contributed by atoms with Crippen molar-refractivity contribution in [1.82, 2.24) is 10.6 Å². The van der Waals surface area contributed by atoms with Crippen LogP contribution in [0.1, 0.15) is 37.6 Å². The van der Waals surface area contributed by atoms with Gasteiger partial charge in [0, 0.05) is 29.4 Å². The highest BCUT2D eigenvalue weighted by Crippen LogP contribution is 2.38. The molecule has 1 radical (unpaired) electrons. The van der Waals surface area contributed by atoms with Crippen molar-refractivity contribution in [3.05, 3.63) is 29.8 Å². The van der Waals surface area contributed by atoms with E-state index in [0.717, 1.165) is 0 Å². The molecule has 1 aromatic carbocycles. The molecule has 0 aromatic heterocycles. The second-order valence-electron chi connectivity index (χ2n) is 10.3. The zero-order valence-electron chi connectivity index (χ0n) is 25.0. The van der Waals surface area contributed by atoms with Gasteiger partial charge < -0.3 is 50.9 Å². The van der Waals surface area contributed by atoms with Crippen LogP contribution in [0, 0.1) is 11.7 Å². The molecule has 2 rings (SSSR count). The Kier molecular flexibility index (Phi) is 18.1. The first-order valence-electron chi connectivity index (χ1n) is 14.1. The van der Waals surface area contributed by atoms with Crippen molar-refractivity contribution >= 4 is 40.7 Å². The minimum atomic E-state index is -0.426. The summed E-state index contributed by atoms with van der Waals surface area (Å²) in [5.41, 5.74) is 11.0. The lowest BCUT2D eigenvalue weighted by atomic mass is 9.71. The van der Waals surface area contributed by atoms with E-state index in [4.69, 9.17) is 35.2 Å². The fraction of sp³-hybridized carbons (Fsp3) is 0.643. The van der Waals surface area contributed by atoms with Crippen LogP contribution in [0.2, 0.25) is 0 Å². The molecule has 1 fully saturated rings. The van der Waals surface area contributed by atoms with Gasteiger partial charge in [0.1, 0.15) is 30.5 Å². The van der Waals surface area contributed by atoms with Crippen LogP contribution >= 0.6 is 21.6 Å². The number of nitrogens with two attached hydrogens (primary N) is 2. The fourth-order valence-electron chi connectivity index (χ4n) is 3.60. The lowest BCUT2D eigenvalue weighted by Crippen LogP contribution is -2.29. The van der Waals surface area contributed by atoms with E-state index < -0.39 is 6.10 Å². The van der Waals surface area contributed by atoms with Crippen LogP contribution in [0.5, 0.6) is 5.75 Å². The minimum absolute atomic E-state index is 0.00973. The van der Waals surface area contributed by atoms with Crippen LogP contribution in [0.15, 0.2) is 24.3 Å². The number of carbonyl (C=O) groups is 2. The monoisotopic (exact) mass is 639 g/mol. The standard InChI is InChI=1S/C28H44BN4O8S2/c1-28(2,3)43-42-26(18-39-21-7-4-6-20(14-21)27(36)33-11-9-30)38-13-12-37-17-25(35)32-10-5-8-29-24-15-22(40-19-31)23(16-34)41-24/h4,6-7,14,22-24,26,34H,9-13,15-19,30-31H2,1-3H3,(H,32,35)(H,33,36)/t22-,23?,24-,26?/m1/s1. The molecule has 4 atom stereocenters. The Morgan fingerprint density at radius 2 is 2.07 bits per heavy atom. The molecule has 15 heteroatoms. The molecular formula is C28H44BN4O8S2. The van der Waals surface area contributed by atoms with Crippen LogP contribution < -0.4 is 26.8 Å². The van der Waals surface area contributed by atoms with Gasteiger partial charge in [-0.15, -0.1) is 0 Å². The quantitative estimate of drug-likeness (QED) is 0.0466. The third kappa shape index (κ3) is 16.0. The molecule has 239 valence electrons. The van der Waals surface area contributed by atoms with Gasteiger partial charge in [-0.05, 0) is 24.6 Å². The number of hydrogen-bond acceptors (Lipinski definition) is 12. The van der Waals surface area contributed by atoms with Gasteiger partial charge in [0.05, 0.1) is 39.2 Å². The molecule has 0 aliphatic carbocycles. The van der Waals surface area contributed by atoms with Crippen molar-refractivity contribution in [2.24, 2.45) is 11.5 Å². The maximum absolute atomic E-state index is 12.2. The van der Waals surface area contributed by atoms with Crippen LogP contribution in [0.3, 0.4) is 0 Å². The number of aliphatic hydroxyl groups is 1. The van der Waals surface area contributed by atoms with E-state index in [1.807, 2.05) is 0 Å². The van der Waals surface area contributed by atoms with Crippen molar-refractivity contribution in [3.8, 4) is 17.5 Å². The molecule has 7 N–H and O–H groups in total. The summed E-state index contributed by atoms with van der Waals surface area (Å²) in [4.78, 5) is 24.3. The van der Waals surface area contributed by atoms with Gasteiger partial charge in [0.2, 0.25) is 5.91 Å². The van der Waals surface area contributed by atoms with E-state index in [2.05, 4.69) is 43.1 Å². The van der Waals surface area contributed by atoms with Gasteiger partial charge >= 0.3 is 0 Å². The highest BCUT2D eigenvalue weighted by atomic mass is 33.1. The summed E-state index contributed by atoms with van der Waals surface area (Å²) in [5.74, 6) is 5.74. The Labute approximate surface area is 263 Å². The predicted octanol–water partition coefficient (Wildman–Crippen LogP) is 0.483. The molecular weight excluding hydrogens is 595 g/mol. The molecule has 1 aliphatic rings. The average Bonchev–Trinajstić information content (AvgIpc) is 3.37. The van der Waals surface area contributed by atoms with E-state index in [-0.39, 0.29) is 80.4 Å². The first-order chi connectivity index (χ1) is 20.6. The van der Waals surface area contributed by atoms with Gasteiger partial charge in [-0.2, -0.15) is 5.82 Å². The van der Waals surface area contributed by atoms with Crippen molar-refractivity contribution in [2.75, 3.05) is 59.4 Å². The Bertz CT molecular complexity index is 1040. The van der Waals surface area contributed by atoms with Crippen molar-refractivity contribution in [3.63, 3.8) is 0 Å². The topological polar surface area (TPSA) is 177 Å². The van der Waals surface area contributed by atoms with Crippen LogP contribution in [0.4, 0.5) is 0 Å². The zero-order valence-corrected chi connectivity index (χ0v) is 26.7. The third-order valence-electron chi connectivity index (χ3n) is 5.55. The number of aliphatic hydroxyl groups excluding tert-OH is 1. The molecule has 0 bridgehead atoms. The van der Waals surface area contributed by atoms with E-state index in [1.165, 1.54) is 0 Å². The summed E-state index contributed by atoms with van der Waals surface area (Å²) in [5, 5.41) is 14.8. The van der Waals surface area contributed by atoms with E-state index in [1.54, 1.807) is 53.1 Å². The molecule has 43 heavy (non-hydrogen) atoms. The number of hydrogen-bond donors (Lipinski definition) is 5. The SMILES string of the molecule is CC(C)(C)SSC(COc1cccc(C(=O)NCCN)c1)OCCOCC(=O)NCC#C[B][C@H]1C[C@@H](OCN)C(CO)O1. The fourth-order valence-corrected chi connectivity index (χ4v) is 5.79. The Balaban J connectivity index is 1.68. The van der Waals surface area contributed by atoms with Gasteiger partial charge in [0.15, 0.2) is 0 Å². The van der Waals surface area contributed by atoms with Crippen LogP contribution in [0.25, 0.3) is 0 Å². The van der Waals surface area contributed by atoms with E-state index in [0.29, 0.717) is 30.8 Å². The average molecular weight is 640 g/mol. The number of rotatable bonds is 19. The summed E-state index contributed by atoms with van der Waals surface area (Å²) < 4.78 is 28.4. The molecule has 12 nitrogen and oxygen atoms in total. The second kappa shape index (κ2) is 20.9. The molecule has 0 spiro atoms. The summed E-state index contributed by atoms with van der Waals surface area (Å²) in [6, 6.07) is 6.66. The number of ether oxygens (including phenoxy) is 5. The lowest BCUT2D eigenvalue weighted by Gasteiger charge is -2.22. The summed E-state index contributed by atoms with van der Waals surface area (Å²) in [6.07, 6.45) is -0.137. The normalized spacial score (nSPS) is 18.8. The number of nitrogens with one attached hydrogen (secondary N) is 2. The van der Waals surface area contributed by atoms with Crippen molar-refractivity contribution in [1.29, 1.82) is 0 Å². The molecule has 0 saturated carbocycles. The predicted molar refractivity (Wildman–Crippen MR) is 170 cm³/mol. The summed E-state index contributed by atoms with van der Waals surface area (Å²) in [7, 11) is 4.90. The lowest BCUT2D eigenvalue weighted by molar-refractivity contribution is -0.126. The first kappa shape index (κ1) is 37.2. The van der Waals surface area contributed by atoms with Crippen molar-refractivity contribution in [2.45, 2.75) is 55.6 Å². The van der Waals surface area contributed by atoms with Crippen molar-refractivity contribution < 1.29 is 38.4 Å². The molecule has 1 aromatic rings. The minimum Gasteiger partial charge on any atom is -0.490 e. The molecule has 1 saturated heterocycles. The number of benzene rings is 1. The highest BCUT2D eigenvalue weighted by Gasteiger charge is 2.35. The second-order valence-corrected chi connectivity index (χ2v) is 13.5. The number of amides is 2. The van der Waals surface area contributed by atoms with Crippen LogP contribution in [-0.2, 0) is 23.7 Å². The maximum atomic E-state index is 12.2. The Morgan fingerprint density at radius 1 is 1.26 bits per heavy atom. The first-order valence-corrected chi connectivity index (χ1v) is 16.3. The van der Waals surface area contributed by atoms with Gasteiger partial charge in [-0.1, -0.05) is 54.3 Å². The van der Waals surface area contributed by atoms with Gasteiger partial charge in [-0.25, -0.2) is 0 Å². The summed E-state index contributed by atoms with van der Waals surface area (Å²) in [6.45, 7) is 7.77. The zero-order chi connectivity index (χ0) is 31.5. The van der Waals surface area contributed by atoms with Crippen LogP contribution in [-0.4, -0.2) is 112 Å². The maximum Gasteiger partial charge on any atom is 0.251 e. The number of carbonyl (C=O) groups excluding carboxylic acids is 2. The van der Waals surface area contributed by atoms with E-state index >= 15 is 0 Å². The molecule has 2 amide bonds. The Morgan fingerprint density at radius 3 is 2.79 bits per heavy atom. The highest BCUT2D eigenvalue weighted by molar-refractivity contribution is 8.77. The largest absolute Gasteiger partial charge is 0.490 e. The molecule has 2 unspecified atom stereocenters. The smallest absolute Gasteiger partial charge is 0.251 e. The molecule has 1 aliphatic heterocycles. The Hall–Kier alpha value is -2.00. The summed E-state index contributed by atoms with van der Waals surface area (Å²) >= 11 is 0. The van der Waals surface area contributed by atoms with E-state index in [9.17, 15) is 14.7 Å².